The van der Waals surface area contributed by atoms with E-state index >= 15 is 0 Å². The van der Waals surface area contributed by atoms with Gasteiger partial charge in [0.25, 0.3) is 0 Å². The number of hydrogen-bond donors (Lipinski definition) is 2. The summed E-state index contributed by atoms with van der Waals surface area (Å²) in [5, 5.41) is 7.13. The number of hydrogen-bond acceptors (Lipinski definition) is 8. The fourth-order valence-corrected chi connectivity index (χ4v) is 5.45. The molecule has 8 bridgehead atoms. The van der Waals surface area contributed by atoms with Gasteiger partial charge >= 0.3 is 0 Å². The molecular weight excluding hydrogens is 486 g/mol. The number of ether oxygens (including phenoxy) is 1. The molecule has 2 N–H and O–H groups in total. The third-order valence-corrected chi connectivity index (χ3v) is 7.61. The van der Waals surface area contributed by atoms with Crippen molar-refractivity contribution in [2.24, 2.45) is 0 Å². The van der Waals surface area contributed by atoms with E-state index in [-0.39, 0.29) is 0 Å². The molecule has 0 unspecified atom stereocenters. The first-order chi connectivity index (χ1) is 19.3. The molecule has 0 atom stereocenters. The van der Waals surface area contributed by atoms with Crippen LogP contribution in [0.15, 0.2) is 54.7 Å². The molecule has 0 radical (unpaired) electrons. The molecule has 6 aliphatic heterocycles. The number of anilines is 3. The Hall–Kier alpha value is -3.04. The number of morpholine rings is 1. The predicted molar refractivity (Wildman–Crippen MR) is 160 cm³/mol. The van der Waals surface area contributed by atoms with Gasteiger partial charge in [-0.3, -0.25) is 9.80 Å². The van der Waals surface area contributed by atoms with Crippen LogP contribution in [0.4, 0.5) is 17.3 Å². The quantitative estimate of drug-likeness (QED) is 0.482. The maximum atomic E-state index is 5.62. The average molecular weight is 530 g/mol. The molecule has 2 saturated heterocycles. The molecular formula is C31H43N7O. The van der Waals surface area contributed by atoms with E-state index < -0.39 is 0 Å². The zero-order chi connectivity index (χ0) is 26.9. The fraction of sp³-hybridized carbons (Fsp3) is 0.484. The lowest BCUT2D eigenvalue weighted by molar-refractivity contribution is 0.118. The van der Waals surface area contributed by atoms with Crippen LogP contribution in [-0.4, -0.2) is 85.5 Å². The highest BCUT2D eigenvalue weighted by Gasteiger charge is 2.21. The smallest absolute Gasteiger partial charge is 0.227 e. The molecule has 2 fully saturated rings. The molecule has 9 rings (SSSR count). The van der Waals surface area contributed by atoms with Crippen LogP contribution in [0.5, 0.6) is 0 Å². The number of aryl methyl sites for hydroxylation is 1. The van der Waals surface area contributed by atoms with Crippen LogP contribution in [0.25, 0.3) is 11.3 Å². The van der Waals surface area contributed by atoms with Gasteiger partial charge in [-0.05, 0) is 54.8 Å². The third-order valence-electron chi connectivity index (χ3n) is 7.61. The van der Waals surface area contributed by atoms with Crippen molar-refractivity contribution >= 4 is 17.3 Å². The molecule has 7 heterocycles. The second kappa shape index (κ2) is 13.8. The number of rotatable bonds is 1. The van der Waals surface area contributed by atoms with E-state index in [1.807, 2.05) is 26.1 Å². The van der Waals surface area contributed by atoms with Gasteiger partial charge in [0.05, 0.1) is 18.9 Å². The van der Waals surface area contributed by atoms with Gasteiger partial charge in [0.1, 0.15) is 0 Å². The first-order valence-electron chi connectivity index (χ1n) is 14.6. The molecule has 208 valence electrons. The van der Waals surface area contributed by atoms with Crippen molar-refractivity contribution in [1.29, 1.82) is 0 Å². The van der Waals surface area contributed by atoms with Gasteiger partial charge in [-0.2, -0.15) is 0 Å². The van der Waals surface area contributed by atoms with Crippen LogP contribution in [-0.2, 0) is 17.7 Å². The van der Waals surface area contributed by atoms with Crippen molar-refractivity contribution in [1.82, 2.24) is 25.1 Å². The van der Waals surface area contributed by atoms with E-state index in [1.165, 1.54) is 16.8 Å². The van der Waals surface area contributed by atoms with Crippen LogP contribution in [0, 0.1) is 0 Å². The predicted octanol–water partition coefficient (Wildman–Crippen LogP) is 4.36. The molecule has 8 nitrogen and oxygen atoms in total. The van der Waals surface area contributed by atoms with Crippen molar-refractivity contribution in [3.8, 4) is 11.3 Å². The van der Waals surface area contributed by atoms with Gasteiger partial charge in [-0.25, -0.2) is 9.97 Å². The molecule has 3 aromatic rings. The molecule has 0 aliphatic carbocycles. The normalized spacial score (nSPS) is 21.7. The summed E-state index contributed by atoms with van der Waals surface area (Å²) in [6.07, 6.45) is 4.06. The van der Waals surface area contributed by atoms with Gasteiger partial charge < -0.3 is 20.3 Å². The standard InChI is InChI=1S/C29H37N7O.C2H6/c1-2-23-3-5-24(6-4-23)27-9-11-31-29(33-27)32-26-7-8-28(36-16-18-37-19-17-36)25(20-26)21-34-12-14-35(15-13-34)22-30-10-1;1-2/h3-9,11,20,30H,1-2,10,12-19,21-22H2,(H,31,32,33);1-2H3. The summed E-state index contributed by atoms with van der Waals surface area (Å²) in [7, 11) is 0. The summed E-state index contributed by atoms with van der Waals surface area (Å²) in [5.41, 5.74) is 7.08. The highest BCUT2D eigenvalue weighted by Crippen LogP contribution is 2.29. The van der Waals surface area contributed by atoms with E-state index in [1.54, 1.807) is 0 Å². The van der Waals surface area contributed by atoms with E-state index in [9.17, 15) is 0 Å². The average Bonchev–Trinajstić information content (AvgIpc) is 3.00. The molecule has 0 saturated carbocycles. The SMILES string of the molecule is CC.c1cc2nc(n1)Nc1ccc(N3CCOCC3)c(c1)CN1CCN(CC1)CNCCCc1ccc-2cc1. The summed E-state index contributed by atoms with van der Waals surface area (Å²) in [5.74, 6) is 0.622. The minimum Gasteiger partial charge on any atom is -0.378 e. The number of nitrogens with one attached hydrogen (secondary N) is 2. The van der Waals surface area contributed by atoms with Gasteiger partial charge in [0, 0.05) is 75.6 Å². The van der Waals surface area contributed by atoms with Crippen molar-refractivity contribution in [2.75, 3.05) is 75.9 Å². The van der Waals surface area contributed by atoms with Gasteiger partial charge in [-0.1, -0.05) is 38.1 Å². The van der Waals surface area contributed by atoms with E-state index in [4.69, 9.17) is 9.72 Å². The van der Waals surface area contributed by atoms with Gasteiger partial charge in [-0.15, -0.1) is 0 Å². The summed E-state index contributed by atoms with van der Waals surface area (Å²) in [6.45, 7) is 14.7. The van der Waals surface area contributed by atoms with Crippen molar-refractivity contribution in [3.05, 3.63) is 65.9 Å². The summed E-state index contributed by atoms with van der Waals surface area (Å²) < 4.78 is 5.62. The minimum absolute atomic E-state index is 0.622. The van der Waals surface area contributed by atoms with Crippen molar-refractivity contribution in [2.45, 2.75) is 33.2 Å². The van der Waals surface area contributed by atoms with Crippen LogP contribution in [0.3, 0.4) is 0 Å². The van der Waals surface area contributed by atoms with E-state index in [0.717, 1.165) is 102 Å². The first-order valence-corrected chi connectivity index (χ1v) is 14.6. The lowest BCUT2D eigenvalue weighted by atomic mass is 10.1. The van der Waals surface area contributed by atoms with E-state index in [2.05, 4.69) is 72.8 Å². The number of benzene rings is 2. The Morgan fingerprint density at radius 1 is 0.846 bits per heavy atom. The van der Waals surface area contributed by atoms with Crippen LogP contribution >= 0.6 is 0 Å². The summed E-state index contributed by atoms with van der Waals surface area (Å²) in [6, 6.07) is 17.5. The Balaban J connectivity index is 0.00000151. The number of aromatic nitrogens is 2. The second-order valence-corrected chi connectivity index (χ2v) is 10.2. The maximum Gasteiger partial charge on any atom is 0.227 e. The van der Waals surface area contributed by atoms with E-state index in [0.29, 0.717) is 5.95 Å². The highest BCUT2D eigenvalue weighted by molar-refractivity contribution is 5.66. The van der Waals surface area contributed by atoms with Gasteiger partial charge in [0.2, 0.25) is 5.95 Å². The largest absolute Gasteiger partial charge is 0.378 e. The molecule has 6 aliphatic rings. The Labute approximate surface area is 233 Å². The fourth-order valence-electron chi connectivity index (χ4n) is 5.45. The van der Waals surface area contributed by atoms with Crippen LogP contribution in [0.1, 0.15) is 31.4 Å². The Morgan fingerprint density at radius 3 is 2.41 bits per heavy atom. The molecule has 8 heteroatoms. The molecule has 39 heavy (non-hydrogen) atoms. The topological polar surface area (TPSA) is 68.8 Å². The van der Waals surface area contributed by atoms with Crippen LogP contribution in [0.2, 0.25) is 0 Å². The van der Waals surface area contributed by atoms with Crippen molar-refractivity contribution in [3.63, 3.8) is 0 Å². The maximum absolute atomic E-state index is 5.62. The third kappa shape index (κ3) is 7.33. The Kier molecular flexibility index (Phi) is 9.77. The van der Waals surface area contributed by atoms with Crippen molar-refractivity contribution < 1.29 is 4.74 Å². The molecule has 0 spiro atoms. The van der Waals surface area contributed by atoms with Crippen LogP contribution < -0.4 is 15.5 Å². The summed E-state index contributed by atoms with van der Waals surface area (Å²) >= 11 is 0. The lowest BCUT2D eigenvalue weighted by Gasteiger charge is -2.36. The zero-order valence-electron chi connectivity index (χ0n) is 23.5. The number of nitrogens with zero attached hydrogens (tertiary/aromatic N) is 5. The molecule has 0 amide bonds. The summed E-state index contributed by atoms with van der Waals surface area (Å²) in [4.78, 5) is 16.9. The monoisotopic (exact) mass is 529 g/mol. The lowest BCUT2D eigenvalue weighted by Crippen LogP contribution is -2.49. The zero-order valence-corrected chi connectivity index (χ0v) is 23.5. The first kappa shape index (κ1) is 27.5. The molecule has 1 aromatic heterocycles. The minimum atomic E-state index is 0.622. The second-order valence-electron chi connectivity index (χ2n) is 10.2. The Morgan fingerprint density at radius 2 is 1.62 bits per heavy atom. The molecule has 2 aromatic carbocycles. The highest BCUT2D eigenvalue weighted by atomic mass is 16.5. The Bertz CT molecular complexity index is 1170. The van der Waals surface area contributed by atoms with Gasteiger partial charge in [0.15, 0.2) is 0 Å². The number of piperazine rings is 1.